The molecule has 0 aliphatic rings. The number of rotatable bonds is 5. The van der Waals surface area contributed by atoms with E-state index in [2.05, 4.69) is 15.0 Å². The van der Waals surface area contributed by atoms with Gasteiger partial charge in [-0.2, -0.15) is 0 Å². The predicted octanol–water partition coefficient (Wildman–Crippen LogP) is 1.36. The van der Waals surface area contributed by atoms with Crippen LogP contribution in [0.5, 0.6) is 5.75 Å². The van der Waals surface area contributed by atoms with Gasteiger partial charge in [0.05, 0.1) is 19.9 Å². The van der Waals surface area contributed by atoms with Gasteiger partial charge in [0, 0.05) is 23.9 Å². The van der Waals surface area contributed by atoms with Gasteiger partial charge in [-0.1, -0.05) is 0 Å². The molecule has 0 amide bonds. The van der Waals surface area contributed by atoms with Gasteiger partial charge in [0.2, 0.25) is 0 Å². The Morgan fingerprint density at radius 2 is 2.11 bits per heavy atom. The van der Waals surface area contributed by atoms with Crippen LogP contribution in [-0.2, 0) is 16.1 Å². The second kappa shape index (κ2) is 6.35. The molecule has 0 aliphatic heterocycles. The highest BCUT2D eigenvalue weighted by molar-refractivity contribution is 5.75. The number of aromatic nitrogens is 1. The summed E-state index contributed by atoms with van der Waals surface area (Å²) in [5.41, 5.74) is 2.86. The molecule has 1 aromatic rings. The summed E-state index contributed by atoms with van der Waals surface area (Å²) >= 11 is 0. The lowest BCUT2D eigenvalue weighted by Crippen LogP contribution is -2.34. The van der Waals surface area contributed by atoms with Gasteiger partial charge in [-0.25, -0.2) is 0 Å². The summed E-state index contributed by atoms with van der Waals surface area (Å²) in [5, 5.41) is 3.07. The summed E-state index contributed by atoms with van der Waals surface area (Å²) in [6.07, 6.45) is 1.77. The lowest BCUT2D eigenvalue weighted by atomic mass is 10.1. The van der Waals surface area contributed by atoms with E-state index in [1.54, 1.807) is 20.2 Å². The van der Waals surface area contributed by atoms with E-state index >= 15 is 0 Å². The maximum absolute atomic E-state index is 11.3. The first-order valence-electron chi connectivity index (χ1n) is 5.81. The Morgan fingerprint density at radius 1 is 1.44 bits per heavy atom. The molecule has 0 aromatic carbocycles. The van der Waals surface area contributed by atoms with E-state index in [0.717, 1.165) is 22.6 Å². The Morgan fingerprint density at radius 3 is 2.67 bits per heavy atom. The van der Waals surface area contributed by atoms with Gasteiger partial charge in [0.25, 0.3) is 0 Å². The van der Waals surface area contributed by atoms with Crippen LogP contribution < -0.4 is 10.1 Å². The third kappa shape index (κ3) is 3.20. The fraction of sp³-hybridized carbons (Fsp3) is 0.538. The molecule has 1 rings (SSSR count). The minimum atomic E-state index is -0.358. The summed E-state index contributed by atoms with van der Waals surface area (Å²) in [6, 6.07) is -0.358. The van der Waals surface area contributed by atoms with Crippen LogP contribution in [0.2, 0.25) is 0 Å². The number of esters is 1. The van der Waals surface area contributed by atoms with Crippen LogP contribution in [0, 0.1) is 13.8 Å². The third-order valence-corrected chi connectivity index (χ3v) is 2.88. The standard InChI is InChI=1S/C13H20N2O3/c1-8-6-15-11(9(2)12(8)17-4)7-14-10(3)13(16)18-5/h6,10,14H,7H2,1-5H3/t10-/m0/s1. The van der Waals surface area contributed by atoms with Crippen molar-refractivity contribution in [3.05, 3.63) is 23.0 Å². The van der Waals surface area contributed by atoms with Crippen molar-refractivity contribution in [3.8, 4) is 5.75 Å². The molecule has 0 spiro atoms. The molecule has 1 atom stereocenters. The Hall–Kier alpha value is -1.62. The van der Waals surface area contributed by atoms with Crippen LogP contribution in [0.15, 0.2) is 6.20 Å². The molecule has 5 nitrogen and oxygen atoms in total. The van der Waals surface area contributed by atoms with Crippen molar-refractivity contribution in [1.29, 1.82) is 0 Å². The molecule has 1 heterocycles. The van der Waals surface area contributed by atoms with Gasteiger partial charge in [-0.05, 0) is 20.8 Å². The quantitative estimate of drug-likeness (QED) is 0.802. The Balaban J connectivity index is 2.77. The predicted molar refractivity (Wildman–Crippen MR) is 68.6 cm³/mol. The highest BCUT2D eigenvalue weighted by Gasteiger charge is 2.14. The fourth-order valence-corrected chi connectivity index (χ4v) is 1.76. The first-order chi connectivity index (χ1) is 8.51. The minimum Gasteiger partial charge on any atom is -0.496 e. The fourth-order valence-electron chi connectivity index (χ4n) is 1.76. The van der Waals surface area contributed by atoms with Gasteiger partial charge < -0.3 is 9.47 Å². The zero-order chi connectivity index (χ0) is 13.7. The largest absolute Gasteiger partial charge is 0.496 e. The number of methoxy groups -OCH3 is 2. The molecule has 0 saturated heterocycles. The first-order valence-corrected chi connectivity index (χ1v) is 5.81. The smallest absolute Gasteiger partial charge is 0.322 e. The molecular formula is C13H20N2O3. The van der Waals surface area contributed by atoms with Gasteiger partial charge in [0.15, 0.2) is 0 Å². The molecule has 5 heteroatoms. The topological polar surface area (TPSA) is 60.5 Å². The summed E-state index contributed by atoms with van der Waals surface area (Å²) < 4.78 is 9.98. The number of ether oxygens (including phenoxy) is 2. The van der Waals surface area contributed by atoms with Crippen molar-refractivity contribution in [2.24, 2.45) is 0 Å². The number of carbonyl (C=O) groups excluding carboxylic acids is 1. The zero-order valence-corrected chi connectivity index (χ0v) is 11.5. The van der Waals surface area contributed by atoms with Crippen LogP contribution in [0.1, 0.15) is 23.7 Å². The van der Waals surface area contributed by atoms with Gasteiger partial charge in [0.1, 0.15) is 11.8 Å². The number of nitrogens with one attached hydrogen (secondary N) is 1. The average Bonchev–Trinajstić information content (AvgIpc) is 2.37. The van der Waals surface area contributed by atoms with Crippen molar-refractivity contribution in [3.63, 3.8) is 0 Å². The van der Waals surface area contributed by atoms with Gasteiger partial charge >= 0.3 is 5.97 Å². The SMILES string of the molecule is COC(=O)[C@H](C)NCc1ncc(C)c(OC)c1C. The molecule has 0 aliphatic carbocycles. The highest BCUT2D eigenvalue weighted by atomic mass is 16.5. The van der Waals surface area contributed by atoms with E-state index < -0.39 is 0 Å². The molecule has 0 saturated carbocycles. The molecule has 0 unspecified atom stereocenters. The lowest BCUT2D eigenvalue weighted by molar-refractivity contribution is -0.142. The van der Waals surface area contributed by atoms with Crippen LogP contribution in [-0.4, -0.2) is 31.2 Å². The number of hydrogen-bond acceptors (Lipinski definition) is 5. The summed E-state index contributed by atoms with van der Waals surface area (Å²) in [4.78, 5) is 15.6. The maximum Gasteiger partial charge on any atom is 0.322 e. The molecular weight excluding hydrogens is 232 g/mol. The zero-order valence-electron chi connectivity index (χ0n) is 11.5. The number of carbonyl (C=O) groups is 1. The number of aryl methyl sites for hydroxylation is 1. The Kier molecular flexibility index (Phi) is 5.09. The maximum atomic E-state index is 11.3. The first kappa shape index (κ1) is 14.4. The second-order valence-corrected chi connectivity index (χ2v) is 4.17. The van der Waals surface area contributed by atoms with E-state index in [4.69, 9.17) is 4.74 Å². The minimum absolute atomic E-state index is 0.285. The summed E-state index contributed by atoms with van der Waals surface area (Å²) in [5.74, 6) is 0.555. The molecule has 0 bridgehead atoms. The van der Waals surface area contributed by atoms with Crippen molar-refractivity contribution >= 4 is 5.97 Å². The summed E-state index contributed by atoms with van der Waals surface area (Å²) in [7, 11) is 3.02. The van der Waals surface area contributed by atoms with E-state index in [9.17, 15) is 4.79 Å². The third-order valence-electron chi connectivity index (χ3n) is 2.88. The molecule has 0 fully saturated rings. The number of nitrogens with zero attached hydrogens (tertiary/aromatic N) is 1. The lowest BCUT2D eigenvalue weighted by Gasteiger charge is -2.15. The van der Waals surface area contributed by atoms with E-state index in [1.807, 2.05) is 13.8 Å². The highest BCUT2D eigenvalue weighted by Crippen LogP contribution is 2.23. The monoisotopic (exact) mass is 252 g/mol. The summed E-state index contributed by atoms with van der Waals surface area (Å²) in [6.45, 7) is 6.16. The van der Waals surface area contributed by atoms with Crippen LogP contribution >= 0.6 is 0 Å². The van der Waals surface area contributed by atoms with Crippen molar-refractivity contribution < 1.29 is 14.3 Å². The Labute approximate surface area is 108 Å². The number of pyridine rings is 1. The molecule has 0 radical (unpaired) electrons. The van der Waals surface area contributed by atoms with Crippen LogP contribution in [0.3, 0.4) is 0 Å². The molecule has 100 valence electrons. The Bertz CT molecular complexity index is 432. The van der Waals surface area contributed by atoms with Crippen molar-refractivity contribution in [2.75, 3.05) is 14.2 Å². The van der Waals surface area contributed by atoms with Crippen molar-refractivity contribution in [1.82, 2.24) is 10.3 Å². The number of hydrogen-bond donors (Lipinski definition) is 1. The van der Waals surface area contributed by atoms with Crippen molar-refractivity contribution in [2.45, 2.75) is 33.4 Å². The molecule has 1 aromatic heterocycles. The van der Waals surface area contributed by atoms with Crippen LogP contribution in [0.4, 0.5) is 0 Å². The average molecular weight is 252 g/mol. The van der Waals surface area contributed by atoms with Gasteiger partial charge in [-0.3, -0.25) is 15.1 Å². The van der Waals surface area contributed by atoms with Crippen LogP contribution in [0.25, 0.3) is 0 Å². The van der Waals surface area contributed by atoms with E-state index in [-0.39, 0.29) is 12.0 Å². The normalized spacial score (nSPS) is 12.1. The van der Waals surface area contributed by atoms with E-state index in [1.165, 1.54) is 7.11 Å². The molecule has 1 N–H and O–H groups in total. The second-order valence-electron chi connectivity index (χ2n) is 4.17. The van der Waals surface area contributed by atoms with E-state index in [0.29, 0.717) is 6.54 Å². The van der Waals surface area contributed by atoms with Gasteiger partial charge in [-0.15, -0.1) is 0 Å². The molecule has 18 heavy (non-hydrogen) atoms.